The number of nitrogens with zero attached hydrogens (tertiary/aromatic N) is 9. The molecule has 0 bridgehead atoms. The molecule has 5 N–H and O–H groups in total. The first-order valence-corrected chi connectivity index (χ1v) is 34.2. The quantitative estimate of drug-likeness (QED) is 0.140. The minimum atomic E-state index is -1.62. The zero-order chi connectivity index (χ0) is 72.4. The molecule has 14 atom stereocenters. The van der Waals surface area contributed by atoms with Crippen LogP contribution in [0, 0.1) is 41.4 Å². The second-order valence-corrected chi connectivity index (χ2v) is 28.9. The predicted molar refractivity (Wildman–Crippen MR) is 362 cm³/mol. The lowest BCUT2D eigenvalue weighted by Crippen LogP contribution is -2.64. The average molecular weight is 1330 g/mol. The van der Waals surface area contributed by atoms with E-state index in [1.807, 2.05) is 48.6 Å². The van der Waals surface area contributed by atoms with E-state index >= 15 is 19.2 Å². The van der Waals surface area contributed by atoms with Gasteiger partial charge in [0.25, 0.3) is 0 Å². The number of rotatable bonds is 17. The summed E-state index contributed by atoms with van der Waals surface area (Å²) in [6, 6.07) is -14.1. The van der Waals surface area contributed by atoms with E-state index in [2.05, 4.69) is 26.2 Å². The summed E-state index contributed by atoms with van der Waals surface area (Å²) in [5, 5.41) is 23.1. The molecule has 0 spiro atoms. The van der Waals surface area contributed by atoms with E-state index < -0.39 is 161 Å². The second-order valence-electron chi connectivity index (χ2n) is 28.9. The van der Waals surface area contributed by atoms with Crippen molar-refractivity contribution in [2.75, 3.05) is 82.6 Å². The first-order chi connectivity index (χ1) is 43.5. The maximum atomic E-state index is 15.2. The van der Waals surface area contributed by atoms with Crippen LogP contribution in [-0.4, -0.2) is 275 Å². The number of aliphatic hydroxyl groups excluding tert-OH is 1. The van der Waals surface area contributed by atoms with Gasteiger partial charge in [0.15, 0.2) is 0 Å². The van der Waals surface area contributed by atoms with E-state index in [0.29, 0.717) is 39.0 Å². The van der Waals surface area contributed by atoms with Gasteiger partial charge >= 0.3 is 0 Å². The van der Waals surface area contributed by atoms with Crippen molar-refractivity contribution >= 4 is 70.9 Å². The summed E-state index contributed by atoms with van der Waals surface area (Å²) >= 11 is 0. The molecule has 0 radical (unpaired) electrons. The highest BCUT2D eigenvalue weighted by Crippen LogP contribution is 2.27. The van der Waals surface area contributed by atoms with Crippen LogP contribution in [0.4, 0.5) is 0 Å². The van der Waals surface area contributed by atoms with Gasteiger partial charge in [-0.25, -0.2) is 0 Å². The molecule has 12 amide bonds. The summed E-state index contributed by atoms with van der Waals surface area (Å²) in [6.45, 7) is 31.9. The van der Waals surface area contributed by atoms with Crippen molar-refractivity contribution in [1.29, 1.82) is 0 Å². The summed E-state index contributed by atoms with van der Waals surface area (Å²) in [6.07, 6.45) is -0.0529. The van der Waals surface area contributed by atoms with Gasteiger partial charge in [0, 0.05) is 81.9 Å². The van der Waals surface area contributed by atoms with Gasteiger partial charge in [-0.15, -0.1) is 0 Å². The second kappa shape index (κ2) is 37.7. The largest absolute Gasteiger partial charge is 0.390 e. The highest BCUT2D eigenvalue weighted by atomic mass is 16.3. The molecule has 2 aliphatic rings. The Morgan fingerprint density at radius 1 is 0.457 bits per heavy atom. The summed E-state index contributed by atoms with van der Waals surface area (Å²) in [5.41, 5.74) is 0. The Balaban J connectivity index is 3.03. The Morgan fingerprint density at radius 3 is 1.40 bits per heavy atom. The van der Waals surface area contributed by atoms with Gasteiger partial charge in [-0.3, -0.25) is 57.5 Å². The molecule has 0 aromatic carbocycles. The van der Waals surface area contributed by atoms with E-state index in [1.54, 1.807) is 60.3 Å². The third-order valence-electron chi connectivity index (χ3n) is 19.2. The van der Waals surface area contributed by atoms with Crippen LogP contribution < -0.4 is 21.3 Å². The first kappa shape index (κ1) is 83.6. The SMILES string of the molecule is CC[C@@H]1NC(=O)[C@H]([C@H](O)[C@H](C)CC)N(C)C(=O)[C@H](C(C)C)N(C)C(=O)[C@H](CC(C)C)N(C)C(=O)[C@H](CC(C)C)N(C)C(=O)[C@@H](C)NC(=O)[C@H](C)NC(=O)[C@H](CCC(C)C)N(C)C(=O)[C@H](C(C)C)NC(=O)[C@H]([C@H](C)CCC(=O)N2CCN(C)CC2)N(C)C(=O)[C@@H](C)N(C)C1=O. The number of nitrogens with one attached hydrogen (secondary N) is 4. The molecular formula is C68H123N13O13. The minimum Gasteiger partial charge on any atom is -0.390 e. The molecule has 26 heteroatoms. The van der Waals surface area contributed by atoms with E-state index in [-0.39, 0.29) is 62.2 Å². The van der Waals surface area contributed by atoms with E-state index in [4.69, 9.17) is 0 Å². The Bertz CT molecular complexity index is 2590. The topological polar surface area (TPSA) is 302 Å². The minimum absolute atomic E-state index is 0.0116. The van der Waals surface area contributed by atoms with Gasteiger partial charge < -0.3 is 70.5 Å². The van der Waals surface area contributed by atoms with Crippen LogP contribution in [-0.2, 0) is 57.5 Å². The standard InChI is InChI=1S/C68H123N13O13/c1-26-43(13)57(83)56-61(87)71-48(27-2)64(90)74(19)47(17)63(89)79(24)55(44(14)29-31-52(82)81-34-32-73(18)33-35-81)60(86)72-53(41(9)10)67(93)75(20)49(30-28-38(3)4)59(85)69-45(15)58(84)70-46(16)62(88)76(21)50(36-39(5)6)65(91)77(22)51(37-40(7)8)66(92)78(23)54(42(11)12)68(94)80(56)25/h38-51,53-57,83H,26-37H2,1-25H3,(H,69,85)(H,70,84)(H,71,87)(H,72,86)/t43-,44-,45+,46-,47-,48+,49+,50+,51+,53+,54+,55+,56+,57-/m1/s1. The van der Waals surface area contributed by atoms with Crippen molar-refractivity contribution in [3.8, 4) is 0 Å². The van der Waals surface area contributed by atoms with Gasteiger partial charge in [0.2, 0.25) is 70.9 Å². The summed E-state index contributed by atoms with van der Waals surface area (Å²) in [7, 11) is 11.9. The number of carbonyl (C=O) groups is 12. The Hall–Kier alpha value is -6.44. The van der Waals surface area contributed by atoms with Crippen LogP contribution in [0.25, 0.3) is 0 Å². The van der Waals surface area contributed by atoms with Gasteiger partial charge in [0.05, 0.1) is 6.10 Å². The van der Waals surface area contributed by atoms with Crippen LogP contribution in [0.2, 0.25) is 0 Å². The van der Waals surface area contributed by atoms with Crippen molar-refractivity contribution < 1.29 is 62.6 Å². The molecule has 94 heavy (non-hydrogen) atoms. The van der Waals surface area contributed by atoms with E-state index in [0.717, 1.165) is 9.80 Å². The molecule has 2 aliphatic heterocycles. The number of likely N-dealkylation sites (N-methyl/N-ethyl adjacent to an activating group) is 8. The maximum absolute atomic E-state index is 15.2. The van der Waals surface area contributed by atoms with Crippen molar-refractivity contribution in [1.82, 2.24) is 65.4 Å². The smallest absolute Gasteiger partial charge is 0.246 e. The molecule has 2 saturated heterocycles. The van der Waals surface area contributed by atoms with Gasteiger partial charge in [0.1, 0.15) is 66.5 Å². The highest BCUT2D eigenvalue weighted by molar-refractivity contribution is 6.00. The van der Waals surface area contributed by atoms with E-state index in [1.165, 1.54) is 94.6 Å². The molecule has 0 aromatic rings. The molecule has 0 saturated carbocycles. The van der Waals surface area contributed by atoms with Crippen molar-refractivity contribution in [3.05, 3.63) is 0 Å². The number of piperazine rings is 1. The van der Waals surface area contributed by atoms with E-state index in [9.17, 15) is 43.5 Å². The lowest BCUT2D eigenvalue weighted by molar-refractivity contribution is -0.157. The van der Waals surface area contributed by atoms with Crippen LogP contribution in [0.15, 0.2) is 0 Å². The van der Waals surface area contributed by atoms with Gasteiger partial charge in [-0.1, -0.05) is 103 Å². The Kier molecular flexibility index (Phi) is 33.6. The Labute approximate surface area is 562 Å². The third kappa shape index (κ3) is 22.3. The fourth-order valence-corrected chi connectivity index (χ4v) is 12.4. The lowest BCUT2D eigenvalue weighted by Gasteiger charge is -2.41. The number of aliphatic hydroxyl groups is 1. The third-order valence-corrected chi connectivity index (χ3v) is 19.2. The summed E-state index contributed by atoms with van der Waals surface area (Å²) < 4.78 is 0. The highest BCUT2D eigenvalue weighted by Gasteiger charge is 2.46. The average Bonchev–Trinajstić information content (AvgIpc) is 0.811. The van der Waals surface area contributed by atoms with Gasteiger partial charge in [-0.05, 0) is 108 Å². The molecule has 2 heterocycles. The number of amides is 12. The molecule has 2 fully saturated rings. The molecule has 26 nitrogen and oxygen atoms in total. The fourth-order valence-electron chi connectivity index (χ4n) is 12.4. The van der Waals surface area contributed by atoms with Crippen LogP contribution in [0.5, 0.6) is 0 Å². The molecule has 2 rings (SSSR count). The van der Waals surface area contributed by atoms with Crippen LogP contribution in [0.3, 0.4) is 0 Å². The van der Waals surface area contributed by atoms with Crippen molar-refractivity contribution in [2.45, 2.75) is 242 Å². The molecule has 0 aliphatic carbocycles. The predicted octanol–water partition coefficient (Wildman–Crippen LogP) is 2.64. The first-order valence-electron chi connectivity index (χ1n) is 34.2. The monoisotopic (exact) mass is 1330 g/mol. The number of hydrogen-bond donors (Lipinski definition) is 5. The van der Waals surface area contributed by atoms with Crippen LogP contribution >= 0.6 is 0 Å². The van der Waals surface area contributed by atoms with Crippen molar-refractivity contribution in [2.24, 2.45) is 41.4 Å². The molecule has 0 aromatic heterocycles. The Morgan fingerprint density at radius 2 is 0.926 bits per heavy atom. The fraction of sp³-hybridized carbons (Fsp3) is 0.824. The molecular weight excluding hydrogens is 1210 g/mol. The molecule has 0 unspecified atom stereocenters. The zero-order valence-electron chi connectivity index (χ0n) is 61.8. The summed E-state index contributed by atoms with van der Waals surface area (Å²) in [4.78, 5) is 189. The van der Waals surface area contributed by atoms with Gasteiger partial charge in [-0.2, -0.15) is 0 Å². The van der Waals surface area contributed by atoms with Crippen LogP contribution in [0.1, 0.15) is 169 Å². The lowest BCUT2D eigenvalue weighted by atomic mass is 9.92. The van der Waals surface area contributed by atoms with Crippen molar-refractivity contribution in [3.63, 3.8) is 0 Å². The number of hydrogen-bond acceptors (Lipinski definition) is 14. The number of carbonyl (C=O) groups excluding carboxylic acids is 12. The maximum Gasteiger partial charge on any atom is 0.246 e. The molecule has 538 valence electrons. The zero-order valence-corrected chi connectivity index (χ0v) is 61.8. The normalized spacial score (nSPS) is 27.6. The summed E-state index contributed by atoms with van der Waals surface area (Å²) in [5.74, 6) is -10.6.